The van der Waals surface area contributed by atoms with Crippen LogP contribution in [-0.4, -0.2) is 35.7 Å². The van der Waals surface area contributed by atoms with E-state index < -0.39 is 0 Å². The van der Waals surface area contributed by atoms with E-state index >= 15 is 0 Å². The minimum absolute atomic E-state index is 0.00807. The van der Waals surface area contributed by atoms with Crippen LogP contribution in [0.15, 0.2) is 30.3 Å². The smallest absolute Gasteiger partial charge is 0.306 e. The maximum atomic E-state index is 12.5. The molecule has 1 aromatic carbocycles. The summed E-state index contributed by atoms with van der Waals surface area (Å²) in [6.45, 7) is 1.85. The standard InChI is InChI=1S/C20H29NO2S2/c22-19(9-5-4-8-18-10-15-24-25-18)23-20(11-13-21-14-12-20)16-17-6-2-1-3-7-17/h1-3,6-7,18,21H,4-5,8-16H2. The van der Waals surface area contributed by atoms with Gasteiger partial charge >= 0.3 is 5.97 Å². The number of esters is 1. The Morgan fingerprint density at radius 1 is 1.20 bits per heavy atom. The Morgan fingerprint density at radius 2 is 2.00 bits per heavy atom. The van der Waals surface area contributed by atoms with Crippen LogP contribution in [0, 0.1) is 0 Å². The van der Waals surface area contributed by atoms with Crippen LogP contribution < -0.4 is 5.32 Å². The van der Waals surface area contributed by atoms with Crippen molar-refractivity contribution in [1.29, 1.82) is 0 Å². The number of carbonyl (C=O) groups excluding carboxylic acids is 1. The zero-order chi connectivity index (χ0) is 17.4. The summed E-state index contributed by atoms with van der Waals surface area (Å²) in [4.78, 5) is 12.5. The predicted molar refractivity (Wildman–Crippen MR) is 108 cm³/mol. The molecule has 0 amide bonds. The maximum absolute atomic E-state index is 12.5. The first-order chi connectivity index (χ1) is 12.3. The summed E-state index contributed by atoms with van der Waals surface area (Å²) in [5.74, 6) is 1.28. The van der Waals surface area contributed by atoms with E-state index in [2.05, 4.69) is 29.6 Å². The zero-order valence-corrected chi connectivity index (χ0v) is 16.5. The molecule has 1 unspecified atom stereocenters. The number of benzene rings is 1. The van der Waals surface area contributed by atoms with Crippen LogP contribution in [0.2, 0.25) is 0 Å². The molecule has 138 valence electrons. The van der Waals surface area contributed by atoms with Gasteiger partial charge < -0.3 is 10.1 Å². The first-order valence-electron chi connectivity index (χ1n) is 9.51. The summed E-state index contributed by atoms with van der Waals surface area (Å²) in [6, 6.07) is 10.4. The first kappa shape index (κ1) is 19.1. The quantitative estimate of drug-likeness (QED) is 0.406. The molecule has 0 aliphatic carbocycles. The Balaban J connectivity index is 1.46. The van der Waals surface area contributed by atoms with Gasteiger partial charge in [-0.05, 0) is 37.9 Å². The Kier molecular flexibility index (Phi) is 7.56. The second-order valence-corrected chi connectivity index (χ2v) is 9.93. The second-order valence-electron chi connectivity index (χ2n) is 7.14. The van der Waals surface area contributed by atoms with Gasteiger partial charge in [-0.25, -0.2) is 0 Å². The highest BCUT2D eigenvalue weighted by atomic mass is 33.1. The van der Waals surface area contributed by atoms with Gasteiger partial charge in [-0.3, -0.25) is 4.79 Å². The normalized spacial score (nSPS) is 22.6. The Labute approximate surface area is 159 Å². The molecule has 0 bridgehead atoms. The lowest BCUT2D eigenvalue weighted by atomic mass is 9.85. The summed E-state index contributed by atoms with van der Waals surface area (Å²) in [5.41, 5.74) is 0.940. The molecule has 1 aromatic rings. The second kappa shape index (κ2) is 9.89. The molecule has 2 saturated heterocycles. The van der Waals surface area contributed by atoms with Crippen LogP contribution in [0.5, 0.6) is 0 Å². The van der Waals surface area contributed by atoms with Crippen LogP contribution >= 0.6 is 21.6 Å². The summed E-state index contributed by atoms with van der Waals surface area (Å²) in [7, 11) is 4.01. The summed E-state index contributed by atoms with van der Waals surface area (Å²) >= 11 is 0. The van der Waals surface area contributed by atoms with E-state index in [0.29, 0.717) is 6.42 Å². The van der Waals surface area contributed by atoms with E-state index in [1.54, 1.807) is 0 Å². The summed E-state index contributed by atoms with van der Waals surface area (Å²) < 4.78 is 6.07. The number of piperidine rings is 1. The van der Waals surface area contributed by atoms with Crippen molar-refractivity contribution in [2.45, 2.75) is 62.2 Å². The number of carbonyl (C=O) groups is 1. The zero-order valence-electron chi connectivity index (χ0n) is 14.9. The fourth-order valence-corrected chi connectivity index (χ4v) is 6.69. The van der Waals surface area contributed by atoms with Crippen molar-refractivity contribution < 1.29 is 9.53 Å². The maximum Gasteiger partial charge on any atom is 0.306 e. The number of hydrogen-bond donors (Lipinski definition) is 1. The molecule has 0 aromatic heterocycles. The third-order valence-corrected chi connectivity index (χ3v) is 8.11. The average Bonchev–Trinajstić information content (AvgIpc) is 3.14. The molecule has 3 nitrogen and oxygen atoms in total. The largest absolute Gasteiger partial charge is 0.459 e. The van der Waals surface area contributed by atoms with Crippen molar-refractivity contribution in [2.24, 2.45) is 0 Å². The molecular weight excluding hydrogens is 350 g/mol. The monoisotopic (exact) mass is 379 g/mol. The number of unbranched alkanes of at least 4 members (excludes halogenated alkanes) is 1. The molecule has 0 radical (unpaired) electrons. The fourth-order valence-electron chi connectivity index (χ4n) is 3.66. The minimum atomic E-state index is -0.318. The molecule has 1 atom stereocenters. The van der Waals surface area contributed by atoms with E-state index in [1.807, 2.05) is 27.7 Å². The number of nitrogens with one attached hydrogen (secondary N) is 1. The Morgan fingerprint density at radius 3 is 2.72 bits per heavy atom. The van der Waals surface area contributed by atoms with Gasteiger partial charge in [0.05, 0.1) is 0 Å². The van der Waals surface area contributed by atoms with Gasteiger partial charge in [0.25, 0.3) is 0 Å². The highest BCUT2D eigenvalue weighted by molar-refractivity contribution is 8.77. The van der Waals surface area contributed by atoms with Crippen molar-refractivity contribution in [3.63, 3.8) is 0 Å². The van der Waals surface area contributed by atoms with Crippen molar-refractivity contribution in [2.75, 3.05) is 18.8 Å². The van der Waals surface area contributed by atoms with Gasteiger partial charge in [-0.15, -0.1) is 0 Å². The Bertz CT molecular complexity index is 526. The van der Waals surface area contributed by atoms with Gasteiger partial charge in [-0.2, -0.15) is 0 Å². The van der Waals surface area contributed by atoms with Crippen LogP contribution in [0.3, 0.4) is 0 Å². The third kappa shape index (κ3) is 6.22. The molecule has 2 fully saturated rings. The highest BCUT2D eigenvalue weighted by Crippen LogP contribution is 2.40. The highest BCUT2D eigenvalue weighted by Gasteiger charge is 2.36. The van der Waals surface area contributed by atoms with Crippen LogP contribution in [0.25, 0.3) is 0 Å². The number of hydrogen-bond acceptors (Lipinski definition) is 5. The minimum Gasteiger partial charge on any atom is -0.459 e. The van der Waals surface area contributed by atoms with Gasteiger partial charge in [0.1, 0.15) is 5.60 Å². The van der Waals surface area contributed by atoms with E-state index in [1.165, 1.54) is 24.2 Å². The molecule has 0 saturated carbocycles. The average molecular weight is 380 g/mol. The third-order valence-electron chi connectivity index (χ3n) is 5.10. The van der Waals surface area contributed by atoms with E-state index in [0.717, 1.165) is 50.4 Å². The van der Waals surface area contributed by atoms with Crippen molar-refractivity contribution in [3.05, 3.63) is 35.9 Å². The van der Waals surface area contributed by atoms with Gasteiger partial charge in [0.2, 0.25) is 0 Å². The molecule has 5 heteroatoms. The van der Waals surface area contributed by atoms with Crippen molar-refractivity contribution in [3.8, 4) is 0 Å². The van der Waals surface area contributed by atoms with E-state index in [4.69, 9.17) is 4.74 Å². The topological polar surface area (TPSA) is 38.3 Å². The predicted octanol–water partition coefficient (Wildman–Crippen LogP) is 4.61. The molecule has 25 heavy (non-hydrogen) atoms. The summed E-state index contributed by atoms with van der Waals surface area (Å²) in [5, 5.41) is 4.19. The van der Waals surface area contributed by atoms with E-state index in [9.17, 15) is 4.79 Å². The lowest BCUT2D eigenvalue weighted by Crippen LogP contribution is -2.46. The lowest BCUT2D eigenvalue weighted by Gasteiger charge is -2.37. The van der Waals surface area contributed by atoms with Crippen LogP contribution in [0.1, 0.15) is 50.5 Å². The molecule has 2 heterocycles. The molecule has 2 aliphatic heterocycles. The lowest BCUT2D eigenvalue weighted by molar-refractivity contribution is -0.162. The molecule has 3 rings (SSSR count). The first-order valence-corrected chi connectivity index (χ1v) is 11.9. The fraction of sp³-hybridized carbons (Fsp3) is 0.650. The van der Waals surface area contributed by atoms with Crippen molar-refractivity contribution >= 4 is 27.6 Å². The van der Waals surface area contributed by atoms with Gasteiger partial charge in [-0.1, -0.05) is 58.3 Å². The Hall–Kier alpha value is -0.650. The van der Waals surface area contributed by atoms with Gasteiger partial charge in [0, 0.05) is 36.7 Å². The summed E-state index contributed by atoms with van der Waals surface area (Å²) in [6.07, 6.45) is 7.87. The van der Waals surface area contributed by atoms with Gasteiger partial charge in [0.15, 0.2) is 0 Å². The van der Waals surface area contributed by atoms with Crippen LogP contribution in [-0.2, 0) is 16.0 Å². The van der Waals surface area contributed by atoms with E-state index in [-0.39, 0.29) is 11.6 Å². The SMILES string of the molecule is O=C(CCCCC1CCSS1)OC1(Cc2ccccc2)CCNCC1. The van der Waals surface area contributed by atoms with Crippen LogP contribution in [0.4, 0.5) is 0 Å². The van der Waals surface area contributed by atoms with Crippen molar-refractivity contribution in [1.82, 2.24) is 5.32 Å². The molecule has 2 aliphatic rings. The number of rotatable bonds is 8. The molecular formula is C20H29NO2S2. The number of ether oxygens (including phenoxy) is 1. The molecule has 1 N–H and O–H groups in total. The molecule has 0 spiro atoms.